The van der Waals surface area contributed by atoms with Crippen LogP contribution in [-0.4, -0.2) is 52.6 Å². The lowest BCUT2D eigenvalue weighted by Crippen LogP contribution is -2.68. The van der Waals surface area contributed by atoms with Gasteiger partial charge in [-0.25, -0.2) is 4.31 Å². The minimum absolute atomic E-state index is 0.216. The average molecular weight is 418 g/mol. The van der Waals surface area contributed by atoms with Gasteiger partial charge in [0.2, 0.25) is 5.91 Å². The van der Waals surface area contributed by atoms with E-state index in [-0.39, 0.29) is 13.0 Å². The zero-order chi connectivity index (χ0) is 19.1. The third kappa shape index (κ3) is 3.24. The Bertz CT molecular complexity index is 887. The smallest absolute Gasteiger partial charge is 0.362 e. The van der Waals surface area contributed by atoms with Crippen LogP contribution >= 0.6 is 25.8 Å². The Labute approximate surface area is 160 Å². The van der Waals surface area contributed by atoms with E-state index in [0.29, 0.717) is 21.4 Å². The molecule has 1 aromatic rings. The van der Waals surface area contributed by atoms with E-state index in [1.807, 2.05) is 0 Å². The Hall–Kier alpha value is -1.89. The summed E-state index contributed by atoms with van der Waals surface area (Å²) in [5, 5.41) is 0. The van der Waals surface area contributed by atoms with Gasteiger partial charge in [0.1, 0.15) is 6.04 Å². The van der Waals surface area contributed by atoms with Crippen molar-refractivity contribution in [2.24, 2.45) is 0 Å². The van der Waals surface area contributed by atoms with Crippen molar-refractivity contribution in [3.63, 3.8) is 0 Å². The molecule has 1 aromatic carbocycles. The van der Waals surface area contributed by atoms with Crippen LogP contribution in [0.3, 0.4) is 0 Å². The molecule has 0 aromatic heterocycles. The van der Waals surface area contributed by atoms with Crippen molar-refractivity contribution in [2.45, 2.75) is 18.5 Å². The van der Waals surface area contributed by atoms with Crippen molar-refractivity contribution < 1.29 is 30.9 Å². The van der Waals surface area contributed by atoms with Crippen LogP contribution in [-0.2, 0) is 19.9 Å². The minimum atomic E-state index is -4.60. The molecule has 140 valence electrons. The topological polar surface area (TPSA) is 113 Å². The highest BCUT2D eigenvalue weighted by Crippen LogP contribution is 2.36. The number of likely N-dealkylation sites (tertiary alicyclic amines) is 1. The molecule has 12 heteroatoms. The fourth-order valence-corrected chi connectivity index (χ4v) is 4.29. The minimum Gasteiger partial charge on any atom is -0.425 e. The Morgan fingerprint density at radius 2 is 1.96 bits per heavy atom. The SMILES string of the molecule is O=C(/C=C/c1ccc(OS)c(OS)c1)N1CC[C@@H]2[C@H]1C(=O)N2S(=O)(=O)O. The maximum Gasteiger partial charge on any atom is 0.362 e. The van der Waals surface area contributed by atoms with Crippen LogP contribution in [0.1, 0.15) is 12.0 Å². The number of thiol groups is 2. The maximum atomic E-state index is 12.4. The Balaban J connectivity index is 1.72. The number of hydrogen-bond donors (Lipinski definition) is 3. The first kappa shape index (κ1) is 18.9. The van der Waals surface area contributed by atoms with Crippen LogP contribution < -0.4 is 8.37 Å². The van der Waals surface area contributed by atoms with E-state index < -0.39 is 34.2 Å². The number of carbonyl (C=O) groups is 2. The largest absolute Gasteiger partial charge is 0.425 e. The molecule has 0 radical (unpaired) electrons. The van der Waals surface area contributed by atoms with Crippen molar-refractivity contribution in [3.8, 4) is 11.5 Å². The highest BCUT2D eigenvalue weighted by molar-refractivity contribution is 7.84. The van der Waals surface area contributed by atoms with Gasteiger partial charge in [-0.15, -0.1) is 0 Å². The highest BCUT2D eigenvalue weighted by atomic mass is 32.2. The summed E-state index contributed by atoms with van der Waals surface area (Å²) in [5.41, 5.74) is 0.617. The molecule has 0 bridgehead atoms. The van der Waals surface area contributed by atoms with Crippen molar-refractivity contribution in [1.29, 1.82) is 0 Å². The molecule has 2 aliphatic rings. The number of β-lactam (4-membered cyclic amide) rings is 1. The third-order valence-electron chi connectivity index (χ3n) is 4.25. The zero-order valence-corrected chi connectivity index (χ0v) is 15.7. The summed E-state index contributed by atoms with van der Waals surface area (Å²) in [5.74, 6) is -0.599. The van der Waals surface area contributed by atoms with Crippen LogP contribution in [0.4, 0.5) is 0 Å². The second-order valence-corrected chi connectivity index (χ2v) is 7.32. The molecule has 2 heterocycles. The molecule has 2 aliphatic heterocycles. The second kappa shape index (κ2) is 7.02. The van der Waals surface area contributed by atoms with Crippen LogP contribution in [0.25, 0.3) is 6.08 Å². The van der Waals surface area contributed by atoms with Crippen molar-refractivity contribution in [3.05, 3.63) is 29.8 Å². The summed E-state index contributed by atoms with van der Waals surface area (Å²) in [4.78, 5) is 25.6. The lowest BCUT2D eigenvalue weighted by atomic mass is 10.0. The van der Waals surface area contributed by atoms with Gasteiger partial charge in [0.05, 0.1) is 6.04 Å². The average Bonchev–Trinajstić information content (AvgIpc) is 2.96. The first-order valence-electron chi connectivity index (χ1n) is 7.34. The second-order valence-electron chi connectivity index (χ2n) is 5.67. The van der Waals surface area contributed by atoms with E-state index in [0.717, 1.165) is 0 Å². The van der Waals surface area contributed by atoms with Crippen LogP contribution in [0.2, 0.25) is 0 Å². The fraction of sp³-hybridized carbons (Fsp3) is 0.286. The van der Waals surface area contributed by atoms with E-state index in [2.05, 4.69) is 25.8 Å². The van der Waals surface area contributed by atoms with Gasteiger partial charge in [0, 0.05) is 38.4 Å². The van der Waals surface area contributed by atoms with E-state index in [1.165, 1.54) is 17.1 Å². The van der Waals surface area contributed by atoms with Gasteiger partial charge < -0.3 is 13.3 Å². The zero-order valence-electron chi connectivity index (χ0n) is 13.0. The van der Waals surface area contributed by atoms with Gasteiger partial charge in [-0.3, -0.25) is 14.1 Å². The normalized spacial score (nSPS) is 22.3. The summed E-state index contributed by atoms with van der Waals surface area (Å²) >= 11 is 7.39. The number of nitrogens with zero attached hydrogens (tertiary/aromatic N) is 2. The summed E-state index contributed by atoms with van der Waals surface area (Å²) in [6.45, 7) is 0.216. The van der Waals surface area contributed by atoms with Gasteiger partial charge in [-0.1, -0.05) is 6.07 Å². The standard InChI is InChI=1S/C14H14N2O7S3/c17-12(4-2-8-1-3-10(22-24)11(7-8)23-25)15-6-5-9-13(15)14(18)16(9)26(19,20)21/h1-4,7,9,13,24-25H,5-6H2,(H,19,20,21)/b4-2+/t9-,13+/m1/s1. The molecule has 3 rings (SSSR count). The molecular weight excluding hydrogens is 404 g/mol. The molecule has 0 aliphatic carbocycles. The molecule has 9 nitrogen and oxygen atoms in total. The fourth-order valence-electron chi connectivity index (χ4n) is 3.10. The van der Waals surface area contributed by atoms with Gasteiger partial charge >= 0.3 is 10.3 Å². The molecule has 2 amide bonds. The number of rotatable bonds is 5. The van der Waals surface area contributed by atoms with Gasteiger partial charge in [-0.2, -0.15) is 8.42 Å². The van der Waals surface area contributed by atoms with E-state index >= 15 is 0 Å². The summed E-state index contributed by atoms with van der Waals surface area (Å²) in [7, 11) is -4.60. The Kier molecular flexibility index (Phi) is 5.10. The van der Waals surface area contributed by atoms with Gasteiger partial charge in [0.25, 0.3) is 5.91 Å². The highest BCUT2D eigenvalue weighted by Gasteiger charge is 2.59. The molecule has 2 atom stereocenters. The lowest BCUT2D eigenvalue weighted by Gasteiger charge is -2.42. The number of amides is 2. The number of hydrogen-bond acceptors (Lipinski definition) is 8. The molecule has 2 saturated heterocycles. The van der Waals surface area contributed by atoms with Gasteiger partial charge in [0.15, 0.2) is 11.5 Å². The van der Waals surface area contributed by atoms with Crippen LogP contribution in [0.5, 0.6) is 11.5 Å². The van der Waals surface area contributed by atoms with Crippen LogP contribution in [0.15, 0.2) is 24.3 Å². The molecule has 0 unspecified atom stereocenters. The molecule has 1 N–H and O–H groups in total. The number of benzene rings is 1. The predicted octanol–water partition coefficient (Wildman–Crippen LogP) is 0.762. The third-order valence-corrected chi connectivity index (χ3v) is 5.59. The monoisotopic (exact) mass is 418 g/mol. The molecule has 0 spiro atoms. The number of carbonyl (C=O) groups excluding carboxylic acids is 2. The maximum absolute atomic E-state index is 12.4. The first-order chi connectivity index (χ1) is 12.3. The Morgan fingerprint density at radius 1 is 1.27 bits per heavy atom. The van der Waals surface area contributed by atoms with E-state index in [4.69, 9.17) is 12.9 Å². The first-order valence-corrected chi connectivity index (χ1v) is 9.47. The molecule has 0 saturated carbocycles. The van der Waals surface area contributed by atoms with Crippen molar-refractivity contribution in [2.75, 3.05) is 6.54 Å². The number of fused-ring (bicyclic) bond motifs is 1. The van der Waals surface area contributed by atoms with Crippen molar-refractivity contribution in [1.82, 2.24) is 9.21 Å². The van der Waals surface area contributed by atoms with E-state index in [9.17, 15) is 18.0 Å². The summed E-state index contributed by atoms with van der Waals surface area (Å²) in [6.07, 6.45) is 3.06. The summed E-state index contributed by atoms with van der Waals surface area (Å²) in [6, 6.07) is 3.22. The molecular formula is C14H14N2O7S3. The van der Waals surface area contributed by atoms with Crippen LogP contribution in [0, 0.1) is 0 Å². The molecule has 2 fully saturated rings. The Morgan fingerprint density at radius 3 is 2.58 bits per heavy atom. The molecule has 26 heavy (non-hydrogen) atoms. The quantitative estimate of drug-likeness (QED) is 0.213. The van der Waals surface area contributed by atoms with Gasteiger partial charge in [-0.05, 0) is 30.2 Å². The predicted molar refractivity (Wildman–Crippen MR) is 97.0 cm³/mol. The summed E-state index contributed by atoms with van der Waals surface area (Å²) < 4.78 is 41.5. The van der Waals surface area contributed by atoms with E-state index in [1.54, 1.807) is 18.2 Å². The lowest BCUT2D eigenvalue weighted by molar-refractivity contribution is -0.149. The van der Waals surface area contributed by atoms with Crippen molar-refractivity contribution >= 4 is 54.0 Å².